The topological polar surface area (TPSA) is 74.6 Å². The Morgan fingerprint density at radius 3 is 1.61 bits per heavy atom. The molecule has 0 aliphatic heterocycles. The van der Waals surface area contributed by atoms with Crippen molar-refractivity contribution >= 4 is 54.7 Å². The van der Waals surface area contributed by atoms with Gasteiger partial charge in [-0.3, -0.25) is 4.57 Å². The maximum absolute atomic E-state index is 14.2. The van der Waals surface area contributed by atoms with Gasteiger partial charge in [-0.25, -0.2) is 14.4 Å². The SMILES string of the molecule is Fc1cccc(-c2ccc(-c3nc(-c4ccccc4)nc(-n4c5ccccc5c5ccc6c7ccccc7n(-c7ccc(-c8cccc9nc(-c%10ccccc%10)oc89)cc7)c6c54)n3)cc2)c1. The Morgan fingerprint density at radius 2 is 0.924 bits per heavy atom. The number of hydrogen-bond donors (Lipinski definition) is 0. The molecule has 0 bridgehead atoms. The molecule has 0 saturated carbocycles. The van der Waals surface area contributed by atoms with Gasteiger partial charge in [0, 0.05) is 49.5 Å². The lowest BCUT2D eigenvalue weighted by atomic mass is 10.0. The number of fused-ring (bicyclic) bond motifs is 8. The summed E-state index contributed by atoms with van der Waals surface area (Å²) in [5, 5.41) is 4.40. The minimum absolute atomic E-state index is 0.277. The molecule has 0 amide bonds. The van der Waals surface area contributed by atoms with E-state index in [1.165, 1.54) is 6.07 Å². The van der Waals surface area contributed by atoms with Crippen molar-refractivity contribution in [3.8, 4) is 68.1 Å². The molecule has 13 aromatic rings. The molecule has 9 aromatic carbocycles. The lowest BCUT2D eigenvalue weighted by Gasteiger charge is -2.14. The second-order valence-electron chi connectivity index (χ2n) is 16.4. The van der Waals surface area contributed by atoms with Crippen LogP contribution in [0.4, 0.5) is 4.39 Å². The van der Waals surface area contributed by atoms with Gasteiger partial charge in [-0.2, -0.15) is 9.97 Å². The van der Waals surface area contributed by atoms with Gasteiger partial charge < -0.3 is 8.98 Å². The van der Waals surface area contributed by atoms with Crippen LogP contribution >= 0.6 is 0 Å². The second-order valence-corrected chi connectivity index (χ2v) is 16.4. The molecule has 4 aromatic heterocycles. The van der Waals surface area contributed by atoms with E-state index >= 15 is 0 Å². The summed E-state index contributed by atoms with van der Waals surface area (Å²) in [6.45, 7) is 0. The van der Waals surface area contributed by atoms with Crippen molar-refractivity contribution in [2.75, 3.05) is 0 Å². The highest BCUT2D eigenvalue weighted by Gasteiger charge is 2.24. The molecule has 0 N–H and O–H groups in total. The van der Waals surface area contributed by atoms with Crippen molar-refractivity contribution in [3.05, 3.63) is 218 Å². The fraction of sp³-hybridized carbons (Fsp3) is 0. The number of rotatable bonds is 7. The highest BCUT2D eigenvalue weighted by Crippen LogP contribution is 2.42. The molecule has 0 spiro atoms. The predicted octanol–water partition coefficient (Wildman–Crippen LogP) is 14.7. The van der Waals surface area contributed by atoms with E-state index in [-0.39, 0.29) is 5.82 Å². The van der Waals surface area contributed by atoms with Gasteiger partial charge in [-0.1, -0.05) is 158 Å². The number of aromatic nitrogens is 6. The van der Waals surface area contributed by atoms with Crippen LogP contribution < -0.4 is 0 Å². The van der Waals surface area contributed by atoms with E-state index in [0.717, 1.165) is 99.3 Å². The predicted molar refractivity (Wildman–Crippen MR) is 263 cm³/mol. The largest absolute Gasteiger partial charge is 0.435 e. The van der Waals surface area contributed by atoms with E-state index in [2.05, 4.69) is 100 Å². The van der Waals surface area contributed by atoms with Gasteiger partial charge in [0.2, 0.25) is 11.8 Å². The van der Waals surface area contributed by atoms with Crippen LogP contribution in [0.1, 0.15) is 0 Å². The van der Waals surface area contributed by atoms with E-state index in [4.69, 9.17) is 24.4 Å². The Hall–Kier alpha value is -9.01. The van der Waals surface area contributed by atoms with Crippen molar-refractivity contribution in [1.29, 1.82) is 0 Å². The molecule has 8 heteroatoms. The van der Waals surface area contributed by atoms with Gasteiger partial charge in [-0.05, 0) is 71.3 Å². The average Bonchev–Trinajstić information content (AvgIpc) is 4.08. The van der Waals surface area contributed by atoms with Gasteiger partial charge >= 0.3 is 0 Å². The first-order valence-electron chi connectivity index (χ1n) is 21.8. The summed E-state index contributed by atoms with van der Waals surface area (Å²) in [6.07, 6.45) is 0. The quantitative estimate of drug-likeness (QED) is 0.160. The lowest BCUT2D eigenvalue weighted by Crippen LogP contribution is -2.07. The molecule has 0 aliphatic rings. The third kappa shape index (κ3) is 6.11. The van der Waals surface area contributed by atoms with Gasteiger partial charge in [0.15, 0.2) is 17.2 Å². The summed E-state index contributed by atoms with van der Waals surface area (Å²) < 4.78 is 25.2. The number of nitrogens with zero attached hydrogens (tertiary/aromatic N) is 6. The smallest absolute Gasteiger partial charge is 0.238 e. The summed E-state index contributed by atoms with van der Waals surface area (Å²) in [5.41, 5.74) is 12.9. The molecule has 0 unspecified atom stereocenters. The van der Waals surface area contributed by atoms with Gasteiger partial charge in [0.25, 0.3) is 0 Å². The number of benzene rings is 9. The Labute approximate surface area is 377 Å². The molecule has 0 radical (unpaired) electrons. The zero-order valence-electron chi connectivity index (χ0n) is 35.2. The summed E-state index contributed by atoms with van der Waals surface area (Å²) in [4.78, 5) is 20.5. The first-order chi connectivity index (χ1) is 32.6. The molecule has 0 atom stereocenters. The third-order valence-corrected chi connectivity index (χ3v) is 12.5. The highest BCUT2D eigenvalue weighted by molar-refractivity contribution is 6.23. The van der Waals surface area contributed by atoms with Crippen molar-refractivity contribution < 1.29 is 8.81 Å². The first-order valence-corrected chi connectivity index (χ1v) is 21.8. The van der Waals surface area contributed by atoms with Crippen LogP contribution in [-0.4, -0.2) is 29.1 Å². The van der Waals surface area contributed by atoms with Crippen LogP contribution in [0.3, 0.4) is 0 Å². The molecule has 13 rings (SSSR count). The Morgan fingerprint density at radius 1 is 0.379 bits per heavy atom. The Kier molecular flexibility index (Phi) is 8.57. The normalized spacial score (nSPS) is 11.7. The molecule has 0 aliphatic carbocycles. The molecular formula is C58H35FN6O. The number of para-hydroxylation sites is 3. The number of halogens is 1. The van der Waals surface area contributed by atoms with E-state index in [1.54, 1.807) is 12.1 Å². The molecule has 7 nitrogen and oxygen atoms in total. The van der Waals surface area contributed by atoms with Crippen LogP contribution in [0.15, 0.2) is 217 Å². The number of hydrogen-bond acceptors (Lipinski definition) is 5. The minimum Gasteiger partial charge on any atom is -0.435 e. The Bertz CT molecular complexity index is 3990. The summed E-state index contributed by atoms with van der Waals surface area (Å²) in [7, 11) is 0. The average molecular weight is 851 g/mol. The van der Waals surface area contributed by atoms with Crippen LogP contribution in [0.2, 0.25) is 0 Å². The van der Waals surface area contributed by atoms with E-state index in [9.17, 15) is 4.39 Å². The maximum Gasteiger partial charge on any atom is 0.238 e. The second kappa shape index (κ2) is 15.1. The molecule has 66 heavy (non-hydrogen) atoms. The van der Waals surface area contributed by atoms with Crippen LogP contribution in [-0.2, 0) is 0 Å². The highest BCUT2D eigenvalue weighted by atomic mass is 19.1. The fourth-order valence-electron chi connectivity index (χ4n) is 9.44. The fourth-order valence-corrected chi connectivity index (χ4v) is 9.44. The Balaban J connectivity index is 1.03. The van der Waals surface area contributed by atoms with Crippen molar-refractivity contribution in [1.82, 2.24) is 29.1 Å². The standard InChI is InChI=1S/C58H35FN6O/c59-42-18-11-17-41(35-42)36-25-27-39(28-26-36)56-61-55(38-13-3-1-4-14-38)62-58(63-56)65-51-24-10-8-20-46(51)48-34-33-47-45-19-7-9-23-50(45)64(52(47)53(48)65)43-31-29-37(30-32-43)44-21-12-22-49-54(44)66-57(60-49)40-15-5-2-6-16-40/h1-35H. The van der Waals surface area contributed by atoms with E-state index in [0.29, 0.717) is 23.5 Å². The minimum atomic E-state index is -0.277. The zero-order valence-corrected chi connectivity index (χ0v) is 35.2. The summed E-state index contributed by atoms with van der Waals surface area (Å²) in [5.74, 6) is 1.89. The third-order valence-electron chi connectivity index (χ3n) is 12.5. The van der Waals surface area contributed by atoms with Gasteiger partial charge in [0.05, 0.1) is 22.1 Å². The molecule has 0 fully saturated rings. The molecular weight excluding hydrogens is 816 g/mol. The van der Waals surface area contributed by atoms with Crippen molar-refractivity contribution in [2.45, 2.75) is 0 Å². The van der Waals surface area contributed by atoms with Crippen molar-refractivity contribution in [2.24, 2.45) is 0 Å². The summed E-state index contributed by atoms with van der Waals surface area (Å²) in [6, 6.07) is 70.9. The molecule has 310 valence electrons. The van der Waals surface area contributed by atoms with E-state index < -0.39 is 0 Å². The van der Waals surface area contributed by atoms with Gasteiger partial charge in [-0.15, -0.1) is 0 Å². The van der Waals surface area contributed by atoms with Crippen LogP contribution in [0.5, 0.6) is 0 Å². The first kappa shape index (κ1) is 37.5. The van der Waals surface area contributed by atoms with Crippen molar-refractivity contribution in [3.63, 3.8) is 0 Å². The van der Waals surface area contributed by atoms with Crippen LogP contribution in [0, 0.1) is 5.82 Å². The van der Waals surface area contributed by atoms with E-state index in [1.807, 2.05) is 103 Å². The lowest BCUT2D eigenvalue weighted by molar-refractivity contribution is 0.621. The molecule has 4 heterocycles. The zero-order chi connectivity index (χ0) is 43.7. The monoisotopic (exact) mass is 850 g/mol. The number of oxazole rings is 1. The molecule has 0 saturated heterocycles. The summed E-state index contributed by atoms with van der Waals surface area (Å²) >= 11 is 0. The maximum atomic E-state index is 14.2. The van der Waals surface area contributed by atoms with Gasteiger partial charge in [0.1, 0.15) is 11.3 Å². The van der Waals surface area contributed by atoms with Crippen LogP contribution in [0.25, 0.3) is 123 Å².